The van der Waals surface area contributed by atoms with Gasteiger partial charge in [-0.2, -0.15) is 0 Å². The lowest BCUT2D eigenvalue weighted by Crippen LogP contribution is -2.27. The number of carbonyl (C=O) groups is 1. The molecule has 0 bridgehead atoms. The zero-order valence-electron chi connectivity index (χ0n) is 7.63. The van der Waals surface area contributed by atoms with E-state index in [2.05, 4.69) is 6.58 Å². The third-order valence-electron chi connectivity index (χ3n) is 2.26. The molecule has 1 aliphatic rings. The van der Waals surface area contributed by atoms with Crippen LogP contribution in [0.1, 0.15) is 20.3 Å². The fraction of sp³-hybridized carbons (Fsp3) is 0.364. The van der Waals surface area contributed by atoms with Crippen molar-refractivity contribution in [3.05, 3.63) is 36.5 Å². The van der Waals surface area contributed by atoms with E-state index in [1.807, 2.05) is 32.1 Å². The molecule has 1 nitrogen and oxygen atoms in total. The van der Waals surface area contributed by atoms with E-state index in [1.54, 1.807) is 6.08 Å². The maximum atomic E-state index is 11.7. The van der Waals surface area contributed by atoms with Crippen molar-refractivity contribution in [2.24, 2.45) is 5.41 Å². The summed E-state index contributed by atoms with van der Waals surface area (Å²) in [5.41, 5.74) is 0.488. The molecule has 1 atom stereocenters. The second-order valence-electron chi connectivity index (χ2n) is 3.45. The summed E-state index contributed by atoms with van der Waals surface area (Å²) in [6.45, 7) is 7.46. The summed E-state index contributed by atoms with van der Waals surface area (Å²) in [5.74, 6) is 0.213. The molecule has 0 radical (unpaired) electrons. The maximum absolute atomic E-state index is 11.7. The van der Waals surface area contributed by atoms with Crippen LogP contribution in [0.2, 0.25) is 0 Å². The van der Waals surface area contributed by atoms with E-state index >= 15 is 0 Å². The first kappa shape index (κ1) is 8.98. The van der Waals surface area contributed by atoms with Crippen molar-refractivity contribution in [1.29, 1.82) is 0 Å². The number of Topliss-reactive ketones (excluding diaryl/α,β-unsaturated/α-hetero) is 1. The summed E-state index contributed by atoms with van der Waals surface area (Å²) in [6, 6.07) is 0. The van der Waals surface area contributed by atoms with Crippen LogP contribution >= 0.6 is 0 Å². The van der Waals surface area contributed by atoms with Crippen molar-refractivity contribution in [3.8, 4) is 0 Å². The predicted octanol–water partition coefficient (Wildman–Crippen LogP) is 2.65. The highest BCUT2D eigenvalue weighted by molar-refractivity contribution is 6.01. The SMILES string of the molecule is C=CCC1(C)C=CC=C(C)C1=O. The van der Waals surface area contributed by atoms with Gasteiger partial charge < -0.3 is 0 Å². The van der Waals surface area contributed by atoms with Gasteiger partial charge in [-0.1, -0.05) is 24.3 Å². The van der Waals surface area contributed by atoms with Crippen LogP contribution in [0.25, 0.3) is 0 Å². The molecule has 0 N–H and O–H groups in total. The van der Waals surface area contributed by atoms with Gasteiger partial charge >= 0.3 is 0 Å². The Kier molecular flexibility index (Phi) is 2.32. The normalized spacial score (nSPS) is 28.5. The molecule has 0 aliphatic heterocycles. The average molecular weight is 162 g/mol. The van der Waals surface area contributed by atoms with Gasteiger partial charge in [0.05, 0.1) is 5.41 Å². The third kappa shape index (κ3) is 1.40. The van der Waals surface area contributed by atoms with Gasteiger partial charge in [0.2, 0.25) is 0 Å². The topological polar surface area (TPSA) is 17.1 Å². The molecule has 0 saturated heterocycles. The van der Waals surface area contributed by atoms with Crippen LogP contribution in [-0.4, -0.2) is 5.78 Å². The molecule has 0 spiro atoms. The summed E-state index contributed by atoms with van der Waals surface area (Å²) >= 11 is 0. The molecule has 0 aromatic rings. The fourth-order valence-electron chi connectivity index (χ4n) is 1.47. The zero-order valence-corrected chi connectivity index (χ0v) is 7.63. The lowest BCUT2D eigenvalue weighted by molar-refractivity contribution is -0.121. The Morgan fingerprint density at radius 2 is 2.33 bits per heavy atom. The molecule has 64 valence electrons. The molecule has 0 aromatic carbocycles. The lowest BCUT2D eigenvalue weighted by Gasteiger charge is -2.25. The average Bonchev–Trinajstić information content (AvgIpc) is 2.01. The Morgan fingerprint density at radius 1 is 1.67 bits per heavy atom. The van der Waals surface area contributed by atoms with Crippen LogP contribution < -0.4 is 0 Å². The van der Waals surface area contributed by atoms with Gasteiger partial charge in [-0.3, -0.25) is 4.79 Å². The van der Waals surface area contributed by atoms with Crippen molar-refractivity contribution in [2.75, 3.05) is 0 Å². The second-order valence-corrected chi connectivity index (χ2v) is 3.45. The zero-order chi connectivity index (χ0) is 9.19. The molecule has 12 heavy (non-hydrogen) atoms. The van der Waals surface area contributed by atoms with Crippen molar-refractivity contribution in [1.82, 2.24) is 0 Å². The van der Waals surface area contributed by atoms with Crippen LogP contribution in [0.15, 0.2) is 36.5 Å². The number of ketones is 1. The standard InChI is InChI=1S/C11H14O/c1-4-7-11(3)8-5-6-9(2)10(11)12/h4-6,8H,1,7H2,2-3H3. The Labute approximate surface area is 73.5 Å². The van der Waals surface area contributed by atoms with Crippen LogP contribution in [0, 0.1) is 5.41 Å². The monoisotopic (exact) mass is 162 g/mol. The maximum Gasteiger partial charge on any atom is 0.168 e. The summed E-state index contributed by atoms with van der Waals surface area (Å²) in [5, 5.41) is 0. The predicted molar refractivity (Wildman–Crippen MR) is 50.8 cm³/mol. The summed E-state index contributed by atoms with van der Waals surface area (Å²) in [4.78, 5) is 11.7. The molecule has 1 heteroatoms. The van der Waals surface area contributed by atoms with E-state index in [0.29, 0.717) is 6.42 Å². The number of carbonyl (C=O) groups excluding carboxylic acids is 1. The van der Waals surface area contributed by atoms with Gasteiger partial charge in [-0.25, -0.2) is 0 Å². The Balaban J connectivity index is 2.95. The Bertz CT molecular complexity index is 271. The molecule has 1 rings (SSSR count). The van der Waals surface area contributed by atoms with Crippen LogP contribution in [0.5, 0.6) is 0 Å². The van der Waals surface area contributed by atoms with E-state index in [1.165, 1.54) is 0 Å². The number of hydrogen-bond donors (Lipinski definition) is 0. The van der Waals surface area contributed by atoms with Crippen LogP contribution in [0.3, 0.4) is 0 Å². The number of allylic oxidation sites excluding steroid dienone is 5. The molecular formula is C11H14O. The first-order valence-electron chi connectivity index (χ1n) is 4.12. The minimum Gasteiger partial charge on any atom is -0.294 e. The Hall–Kier alpha value is -1.11. The second kappa shape index (κ2) is 3.10. The molecule has 1 aliphatic carbocycles. The van der Waals surface area contributed by atoms with Gasteiger partial charge in [0, 0.05) is 0 Å². The largest absolute Gasteiger partial charge is 0.294 e. The summed E-state index contributed by atoms with van der Waals surface area (Å²) in [6.07, 6.45) is 8.26. The highest BCUT2D eigenvalue weighted by Crippen LogP contribution is 2.31. The highest BCUT2D eigenvalue weighted by atomic mass is 16.1. The van der Waals surface area contributed by atoms with E-state index < -0.39 is 0 Å². The van der Waals surface area contributed by atoms with Gasteiger partial charge in [0.15, 0.2) is 5.78 Å². The van der Waals surface area contributed by atoms with Crippen molar-refractivity contribution < 1.29 is 4.79 Å². The minimum absolute atomic E-state index is 0.213. The molecule has 0 fully saturated rings. The van der Waals surface area contributed by atoms with Crippen molar-refractivity contribution in [3.63, 3.8) is 0 Å². The van der Waals surface area contributed by atoms with Gasteiger partial charge in [-0.15, -0.1) is 6.58 Å². The van der Waals surface area contributed by atoms with Gasteiger partial charge in [0.25, 0.3) is 0 Å². The molecule has 0 saturated carbocycles. The van der Waals surface area contributed by atoms with Gasteiger partial charge in [0.1, 0.15) is 0 Å². The van der Waals surface area contributed by atoms with E-state index in [9.17, 15) is 4.79 Å². The summed E-state index contributed by atoms with van der Waals surface area (Å²) in [7, 11) is 0. The van der Waals surface area contributed by atoms with E-state index in [0.717, 1.165) is 5.57 Å². The first-order valence-corrected chi connectivity index (χ1v) is 4.12. The number of rotatable bonds is 2. The fourth-order valence-corrected chi connectivity index (χ4v) is 1.47. The van der Waals surface area contributed by atoms with E-state index in [4.69, 9.17) is 0 Å². The lowest BCUT2D eigenvalue weighted by atomic mass is 9.77. The molecule has 1 unspecified atom stereocenters. The summed E-state index contributed by atoms with van der Waals surface area (Å²) < 4.78 is 0. The smallest absolute Gasteiger partial charge is 0.168 e. The van der Waals surface area contributed by atoms with Crippen molar-refractivity contribution >= 4 is 5.78 Å². The Morgan fingerprint density at radius 3 is 2.92 bits per heavy atom. The van der Waals surface area contributed by atoms with Crippen LogP contribution in [-0.2, 0) is 4.79 Å². The molecule has 0 aromatic heterocycles. The third-order valence-corrected chi connectivity index (χ3v) is 2.26. The highest BCUT2D eigenvalue weighted by Gasteiger charge is 2.30. The number of hydrogen-bond acceptors (Lipinski definition) is 1. The molecule has 0 amide bonds. The van der Waals surface area contributed by atoms with E-state index in [-0.39, 0.29) is 11.2 Å². The minimum atomic E-state index is -0.347. The molecular weight excluding hydrogens is 148 g/mol. The van der Waals surface area contributed by atoms with Gasteiger partial charge in [-0.05, 0) is 25.8 Å². The molecule has 0 heterocycles. The first-order chi connectivity index (χ1) is 5.60. The van der Waals surface area contributed by atoms with Crippen LogP contribution in [0.4, 0.5) is 0 Å². The van der Waals surface area contributed by atoms with Crippen molar-refractivity contribution in [2.45, 2.75) is 20.3 Å². The quantitative estimate of drug-likeness (QED) is 0.570.